The van der Waals surface area contributed by atoms with Gasteiger partial charge in [-0.05, 0) is 60.1 Å². The van der Waals surface area contributed by atoms with Crippen molar-refractivity contribution in [2.75, 3.05) is 11.9 Å². The maximum Gasteiger partial charge on any atom is 0.222 e. The highest BCUT2D eigenvalue weighted by atomic mass is 127. The fourth-order valence-corrected chi connectivity index (χ4v) is 2.58. The van der Waals surface area contributed by atoms with E-state index in [2.05, 4.69) is 52.3 Å². The first-order valence-electron chi connectivity index (χ1n) is 5.95. The molecule has 2 rings (SSSR count). The largest absolute Gasteiger partial charge is 0.382 e. The molecular weight excluding hydrogens is 327 g/mol. The van der Waals surface area contributed by atoms with Crippen molar-refractivity contribution in [1.29, 1.82) is 0 Å². The Hall–Kier alpha value is -0.780. The molecule has 1 aliphatic heterocycles. The molecule has 0 aliphatic carbocycles. The topological polar surface area (TPSA) is 41.1 Å². The summed E-state index contributed by atoms with van der Waals surface area (Å²) in [5.74, 6) is 0.156. The average Bonchev–Trinajstić information content (AvgIpc) is 2.49. The van der Waals surface area contributed by atoms with E-state index in [0.717, 1.165) is 25.1 Å². The van der Waals surface area contributed by atoms with E-state index in [4.69, 9.17) is 0 Å². The van der Waals surface area contributed by atoms with Crippen molar-refractivity contribution >= 4 is 34.2 Å². The summed E-state index contributed by atoms with van der Waals surface area (Å²) < 4.78 is 1.26. The smallest absolute Gasteiger partial charge is 0.222 e. The molecule has 17 heavy (non-hydrogen) atoms. The second kappa shape index (κ2) is 5.71. The van der Waals surface area contributed by atoms with Crippen LogP contribution in [0.5, 0.6) is 0 Å². The number of anilines is 1. The number of hydrogen-bond acceptors (Lipinski definition) is 2. The Morgan fingerprint density at radius 2 is 2.29 bits per heavy atom. The monoisotopic (exact) mass is 344 g/mol. The lowest BCUT2D eigenvalue weighted by molar-refractivity contribution is -0.120. The number of nitrogens with one attached hydrogen (secondary N) is 2. The Morgan fingerprint density at radius 1 is 1.47 bits per heavy atom. The van der Waals surface area contributed by atoms with Gasteiger partial charge in [0.1, 0.15) is 0 Å². The van der Waals surface area contributed by atoms with Crippen LogP contribution in [-0.4, -0.2) is 18.5 Å². The highest BCUT2D eigenvalue weighted by Gasteiger charge is 2.17. The van der Waals surface area contributed by atoms with Crippen molar-refractivity contribution in [3.8, 4) is 0 Å². The predicted octanol–water partition coefficient (Wildman–Crippen LogP) is 2.68. The summed E-state index contributed by atoms with van der Waals surface area (Å²) >= 11 is 2.34. The van der Waals surface area contributed by atoms with Gasteiger partial charge in [-0.15, -0.1) is 0 Å². The van der Waals surface area contributed by atoms with Crippen molar-refractivity contribution in [1.82, 2.24) is 5.32 Å². The van der Waals surface area contributed by atoms with Gasteiger partial charge in [0.05, 0.1) is 0 Å². The molecule has 3 nitrogen and oxygen atoms in total. The standard InChI is InChI=1S/C13H17IN2O/c1-9-11(14)5-2-6-12(9)16-10-4-3-7-15-13(17)8-10/h2,5-6,10,16H,3-4,7-8H2,1H3,(H,15,17). The molecule has 1 aromatic rings. The van der Waals surface area contributed by atoms with E-state index >= 15 is 0 Å². The third-order valence-electron chi connectivity index (χ3n) is 3.11. The third-order valence-corrected chi connectivity index (χ3v) is 4.28. The zero-order valence-electron chi connectivity index (χ0n) is 9.92. The number of benzene rings is 1. The highest BCUT2D eigenvalue weighted by molar-refractivity contribution is 14.1. The van der Waals surface area contributed by atoms with Crippen molar-refractivity contribution in [2.24, 2.45) is 0 Å². The molecule has 0 radical (unpaired) electrons. The zero-order chi connectivity index (χ0) is 12.3. The molecule has 1 unspecified atom stereocenters. The van der Waals surface area contributed by atoms with Gasteiger partial charge in [0.15, 0.2) is 0 Å². The summed E-state index contributed by atoms with van der Waals surface area (Å²) in [5, 5.41) is 6.40. The van der Waals surface area contributed by atoms with E-state index in [1.54, 1.807) is 0 Å². The number of rotatable bonds is 2. The molecule has 4 heteroatoms. The molecule has 1 aliphatic rings. The van der Waals surface area contributed by atoms with Crippen LogP contribution in [0.4, 0.5) is 5.69 Å². The van der Waals surface area contributed by atoms with Crippen LogP contribution in [0.25, 0.3) is 0 Å². The highest BCUT2D eigenvalue weighted by Crippen LogP contribution is 2.22. The summed E-state index contributed by atoms with van der Waals surface area (Å²) in [6.45, 7) is 2.92. The van der Waals surface area contributed by atoms with Crippen LogP contribution < -0.4 is 10.6 Å². The van der Waals surface area contributed by atoms with Gasteiger partial charge in [-0.25, -0.2) is 0 Å². The van der Waals surface area contributed by atoms with Crippen LogP contribution in [0.3, 0.4) is 0 Å². The molecule has 1 atom stereocenters. The molecule has 1 saturated heterocycles. The number of carbonyl (C=O) groups excluding carboxylic acids is 1. The number of halogens is 1. The molecule has 2 N–H and O–H groups in total. The first-order valence-corrected chi connectivity index (χ1v) is 7.03. The van der Waals surface area contributed by atoms with Gasteiger partial charge >= 0.3 is 0 Å². The van der Waals surface area contributed by atoms with E-state index in [1.807, 2.05) is 6.07 Å². The Bertz CT molecular complexity index is 420. The number of hydrogen-bond donors (Lipinski definition) is 2. The van der Waals surface area contributed by atoms with Crippen LogP contribution in [0.2, 0.25) is 0 Å². The van der Waals surface area contributed by atoms with Gasteiger partial charge in [0, 0.05) is 28.3 Å². The molecule has 0 aromatic heterocycles. The van der Waals surface area contributed by atoms with E-state index in [0.29, 0.717) is 6.42 Å². The SMILES string of the molecule is Cc1c(I)cccc1NC1CCCNC(=O)C1. The van der Waals surface area contributed by atoms with Crippen molar-refractivity contribution < 1.29 is 4.79 Å². The van der Waals surface area contributed by atoms with Crippen LogP contribution in [0.15, 0.2) is 18.2 Å². The normalized spacial score (nSPS) is 20.6. The quantitative estimate of drug-likeness (QED) is 0.810. The molecule has 1 amide bonds. The van der Waals surface area contributed by atoms with Crippen LogP contribution in [0.1, 0.15) is 24.8 Å². The van der Waals surface area contributed by atoms with E-state index in [9.17, 15) is 4.79 Å². The van der Waals surface area contributed by atoms with Gasteiger partial charge in [0.2, 0.25) is 5.91 Å². The fourth-order valence-electron chi connectivity index (χ4n) is 2.08. The lowest BCUT2D eigenvalue weighted by atomic mass is 10.1. The summed E-state index contributed by atoms with van der Waals surface area (Å²) in [4.78, 5) is 11.5. The molecule has 1 aromatic carbocycles. The van der Waals surface area contributed by atoms with Crippen LogP contribution in [-0.2, 0) is 4.79 Å². The van der Waals surface area contributed by atoms with Gasteiger partial charge in [-0.3, -0.25) is 4.79 Å². The zero-order valence-corrected chi connectivity index (χ0v) is 12.1. The second-order valence-electron chi connectivity index (χ2n) is 4.45. The van der Waals surface area contributed by atoms with Crippen molar-refractivity contribution in [3.05, 3.63) is 27.3 Å². The first-order chi connectivity index (χ1) is 8.16. The Balaban J connectivity index is 2.09. The summed E-state index contributed by atoms with van der Waals surface area (Å²) in [6.07, 6.45) is 2.67. The van der Waals surface area contributed by atoms with E-state index < -0.39 is 0 Å². The van der Waals surface area contributed by atoms with Crippen molar-refractivity contribution in [2.45, 2.75) is 32.2 Å². The lowest BCUT2D eigenvalue weighted by Gasteiger charge is -2.18. The molecular formula is C13H17IN2O. The summed E-state index contributed by atoms with van der Waals surface area (Å²) in [6, 6.07) is 6.49. The van der Waals surface area contributed by atoms with Gasteiger partial charge in [-0.2, -0.15) is 0 Å². The Kier molecular flexibility index (Phi) is 4.25. The lowest BCUT2D eigenvalue weighted by Crippen LogP contribution is -2.27. The molecule has 1 fully saturated rings. The van der Waals surface area contributed by atoms with Crippen molar-refractivity contribution in [3.63, 3.8) is 0 Å². The Morgan fingerprint density at radius 3 is 3.12 bits per heavy atom. The summed E-state index contributed by atoms with van der Waals surface area (Å²) in [7, 11) is 0. The average molecular weight is 344 g/mol. The first kappa shape index (κ1) is 12.7. The van der Waals surface area contributed by atoms with Crippen LogP contribution in [0, 0.1) is 10.5 Å². The van der Waals surface area contributed by atoms with E-state index in [-0.39, 0.29) is 11.9 Å². The minimum atomic E-state index is 0.156. The minimum absolute atomic E-state index is 0.156. The number of carbonyl (C=O) groups is 1. The van der Waals surface area contributed by atoms with Gasteiger partial charge in [0.25, 0.3) is 0 Å². The van der Waals surface area contributed by atoms with Crippen LogP contribution >= 0.6 is 22.6 Å². The fraction of sp³-hybridized carbons (Fsp3) is 0.462. The number of amides is 1. The third kappa shape index (κ3) is 3.34. The molecule has 0 saturated carbocycles. The molecule has 92 valence electrons. The van der Waals surface area contributed by atoms with E-state index in [1.165, 1.54) is 9.13 Å². The maximum atomic E-state index is 11.5. The Labute approximate surface area is 116 Å². The minimum Gasteiger partial charge on any atom is -0.382 e. The predicted molar refractivity (Wildman–Crippen MR) is 78.2 cm³/mol. The molecule has 1 heterocycles. The molecule has 0 spiro atoms. The summed E-state index contributed by atoms with van der Waals surface area (Å²) in [5.41, 5.74) is 2.41. The second-order valence-corrected chi connectivity index (χ2v) is 5.61. The van der Waals surface area contributed by atoms with Gasteiger partial charge < -0.3 is 10.6 Å². The van der Waals surface area contributed by atoms with Gasteiger partial charge in [-0.1, -0.05) is 6.07 Å². The molecule has 0 bridgehead atoms. The maximum absolute atomic E-state index is 11.5.